The zero-order valence-electron chi connectivity index (χ0n) is 17.2. The molecule has 1 aromatic carbocycles. The summed E-state index contributed by atoms with van der Waals surface area (Å²) in [4.78, 5) is 29.4. The molecule has 0 bridgehead atoms. The van der Waals surface area contributed by atoms with Gasteiger partial charge in [-0.3, -0.25) is 9.69 Å². The van der Waals surface area contributed by atoms with Crippen LogP contribution in [-0.4, -0.2) is 54.5 Å². The molecule has 2 aliphatic heterocycles. The molecule has 0 radical (unpaired) electrons. The molecule has 1 saturated heterocycles. The second-order valence-corrected chi connectivity index (χ2v) is 8.69. The lowest BCUT2D eigenvalue weighted by Crippen LogP contribution is -2.53. The van der Waals surface area contributed by atoms with Crippen LogP contribution in [0.4, 0.5) is 9.18 Å². The van der Waals surface area contributed by atoms with Crippen LogP contribution in [0.5, 0.6) is 5.75 Å². The Hall–Kier alpha value is -2.15. The first-order valence-corrected chi connectivity index (χ1v) is 9.92. The maximum absolute atomic E-state index is 13.9. The minimum absolute atomic E-state index is 0.264. The van der Waals surface area contributed by atoms with Crippen LogP contribution >= 0.6 is 0 Å². The molecule has 7 heteroatoms. The van der Waals surface area contributed by atoms with Gasteiger partial charge in [-0.05, 0) is 65.5 Å². The number of fused-ring (bicyclic) bond motifs is 2. The quantitative estimate of drug-likeness (QED) is 0.573. The lowest BCUT2D eigenvalue weighted by atomic mass is 9.77. The van der Waals surface area contributed by atoms with Gasteiger partial charge in [0.15, 0.2) is 5.54 Å². The van der Waals surface area contributed by atoms with E-state index in [1.165, 1.54) is 23.1 Å². The molecule has 154 valence electrons. The van der Waals surface area contributed by atoms with Gasteiger partial charge >= 0.3 is 6.03 Å². The van der Waals surface area contributed by atoms with Gasteiger partial charge in [0.25, 0.3) is 5.91 Å². The van der Waals surface area contributed by atoms with Crippen molar-refractivity contribution in [2.24, 2.45) is 0 Å². The lowest BCUT2D eigenvalue weighted by molar-refractivity contribution is -0.134. The van der Waals surface area contributed by atoms with E-state index in [2.05, 4.69) is 10.2 Å². The average molecular weight is 391 g/mol. The Labute approximate surface area is 166 Å². The van der Waals surface area contributed by atoms with Crippen molar-refractivity contribution < 1.29 is 18.7 Å². The summed E-state index contributed by atoms with van der Waals surface area (Å²) in [7, 11) is 4.09. The molecule has 0 aromatic heterocycles. The fraction of sp³-hybridized carbons (Fsp3) is 0.619. The molecule has 1 unspecified atom stereocenters. The zero-order chi connectivity index (χ0) is 20.5. The number of hydrogen-bond acceptors (Lipinski definition) is 4. The molecule has 0 saturated carbocycles. The van der Waals surface area contributed by atoms with Crippen LogP contribution in [0.1, 0.15) is 51.5 Å². The molecule has 0 aliphatic carbocycles. The van der Waals surface area contributed by atoms with Crippen LogP contribution in [0, 0.1) is 5.82 Å². The van der Waals surface area contributed by atoms with E-state index < -0.39 is 23.0 Å². The molecule has 1 atom stereocenters. The van der Waals surface area contributed by atoms with E-state index in [1.807, 2.05) is 27.9 Å². The van der Waals surface area contributed by atoms with Crippen molar-refractivity contribution in [1.29, 1.82) is 0 Å². The summed E-state index contributed by atoms with van der Waals surface area (Å²) < 4.78 is 19.9. The minimum atomic E-state index is -1.26. The van der Waals surface area contributed by atoms with Gasteiger partial charge in [0.1, 0.15) is 17.2 Å². The van der Waals surface area contributed by atoms with E-state index in [1.54, 1.807) is 0 Å². The van der Waals surface area contributed by atoms with Crippen molar-refractivity contribution in [1.82, 2.24) is 15.1 Å². The summed E-state index contributed by atoms with van der Waals surface area (Å²) in [5, 5.41) is 2.86. The summed E-state index contributed by atoms with van der Waals surface area (Å²) in [6.45, 7) is 5.14. The molecule has 28 heavy (non-hydrogen) atoms. The first-order valence-electron chi connectivity index (χ1n) is 9.92. The molecule has 1 aromatic rings. The summed E-state index contributed by atoms with van der Waals surface area (Å²) in [5.41, 5.74) is -1.52. The third-order valence-electron chi connectivity index (χ3n) is 5.39. The van der Waals surface area contributed by atoms with E-state index in [-0.39, 0.29) is 12.3 Å². The van der Waals surface area contributed by atoms with Crippen LogP contribution in [-0.2, 0) is 10.3 Å². The molecule has 2 aliphatic rings. The predicted octanol–water partition coefficient (Wildman–Crippen LogP) is 3.26. The number of unbranched alkanes of at least 4 members (excludes halogenated alkanes) is 3. The van der Waals surface area contributed by atoms with Gasteiger partial charge in [-0.1, -0.05) is 12.8 Å². The van der Waals surface area contributed by atoms with Gasteiger partial charge in [-0.15, -0.1) is 0 Å². The van der Waals surface area contributed by atoms with Gasteiger partial charge < -0.3 is 15.0 Å². The monoisotopic (exact) mass is 391 g/mol. The number of imide groups is 1. The SMILES string of the molecule is CN(C)CCCCCCN1C(=O)NC2(CC(C)(C)Oc3ccc(F)cc32)C1=O. The highest BCUT2D eigenvalue weighted by Gasteiger charge is 2.58. The van der Waals surface area contributed by atoms with Crippen LogP contribution in [0.15, 0.2) is 18.2 Å². The van der Waals surface area contributed by atoms with Crippen molar-refractivity contribution in [3.8, 4) is 5.75 Å². The number of nitrogens with one attached hydrogen (secondary N) is 1. The number of benzene rings is 1. The Kier molecular flexibility index (Phi) is 5.66. The van der Waals surface area contributed by atoms with E-state index in [0.29, 0.717) is 17.9 Å². The third-order valence-corrected chi connectivity index (χ3v) is 5.39. The van der Waals surface area contributed by atoms with Crippen molar-refractivity contribution in [2.45, 2.75) is 57.1 Å². The average Bonchev–Trinajstić information content (AvgIpc) is 2.82. The minimum Gasteiger partial charge on any atom is -0.487 e. The maximum atomic E-state index is 13.9. The van der Waals surface area contributed by atoms with Gasteiger partial charge in [-0.2, -0.15) is 0 Å². The van der Waals surface area contributed by atoms with Gasteiger partial charge in [0, 0.05) is 18.5 Å². The van der Waals surface area contributed by atoms with Crippen LogP contribution < -0.4 is 10.1 Å². The van der Waals surface area contributed by atoms with Gasteiger partial charge in [0.05, 0.1) is 0 Å². The Balaban J connectivity index is 1.74. The molecule has 1 fully saturated rings. The van der Waals surface area contributed by atoms with Crippen molar-refractivity contribution in [3.05, 3.63) is 29.6 Å². The molecule has 3 amide bonds. The first kappa shape index (κ1) is 20.6. The summed E-state index contributed by atoms with van der Waals surface area (Å²) in [5.74, 6) is -0.325. The number of carbonyl (C=O) groups excluding carboxylic acids is 2. The van der Waals surface area contributed by atoms with Gasteiger partial charge in [-0.25, -0.2) is 9.18 Å². The van der Waals surface area contributed by atoms with Crippen molar-refractivity contribution in [2.75, 3.05) is 27.2 Å². The normalized spacial score (nSPS) is 23.1. The number of urea groups is 1. The highest BCUT2D eigenvalue weighted by molar-refractivity contribution is 6.08. The second-order valence-electron chi connectivity index (χ2n) is 8.69. The number of carbonyl (C=O) groups is 2. The number of rotatable bonds is 7. The largest absolute Gasteiger partial charge is 0.487 e. The Bertz CT molecular complexity index is 765. The first-order chi connectivity index (χ1) is 13.1. The fourth-order valence-electron chi connectivity index (χ4n) is 4.18. The van der Waals surface area contributed by atoms with E-state index >= 15 is 0 Å². The van der Waals surface area contributed by atoms with E-state index in [9.17, 15) is 14.0 Å². The molecular formula is C21H30FN3O3. The van der Waals surface area contributed by atoms with Crippen LogP contribution in [0.3, 0.4) is 0 Å². The number of nitrogens with zero attached hydrogens (tertiary/aromatic N) is 2. The van der Waals surface area contributed by atoms with Crippen LogP contribution in [0.2, 0.25) is 0 Å². The summed E-state index contributed by atoms with van der Waals surface area (Å²) in [6.07, 6.45) is 4.13. The standard InChI is InChI=1S/C21H30FN3O3/c1-20(2)14-21(16-13-15(22)9-10-17(16)28-20)18(26)25(19(27)23-21)12-8-6-5-7-11-24(3)4/h9-10,13H,5-8,11-12,14H2,1-4H3,(H,23,27). The van der Waals surface area contributed by atoms with E-state index in [4.69, 9.17) is 4.74 Å². The molecule has 1 spiro atoms. The third kappa shape index (κ3) is 3.99. The molecule has 2 heterocycles. The van der Waals surface area contributed by atoms with Gasteiger partial charge in [0.2, 0.25) is 0 Å². The molecular weight excluding hydrogens is 361 g/mol. The fourth-order valence-corrected chi connectivity index (χ4v) is 4.18. The lowest BCUT2D eigenvalue weighted by Gasteiger charge is -2.42. The Morgan fingerprint density at radius 2 is 1.89 bits per heavy atom. The topological polar surface area (TPSA) is 61.9 Å². The zero-order valence-corrected chi connectivity index (χ0v) is 17.2. The summed E-state index contributed by atoms with van der Waals surface area (Å²) >= 11 is 0. The molecule has 3 rings (SSSR count). The molecule has 1 N–H and O–H groups in total. The smallest absolute Gasteiger partial charge is 0.325 e. The van der Waals surface area contributed by atoms with Crippen molar-refractivity contribution >= 4 is 11.9 Å². The number of halogens is 1. The highest BCUT2D eigenvalue weighted by Crippen LogP contribution is 2.46. The Morgan fingerprint density at radius 3 is 2.61 bits per heavy atom. The number of amides is 3. The maximum Gasteiger partial charge on any atom is 0.325 e. The second kappa shape index (κ2) is 7.70. The summed E-state index contributed by atoms with van der Waals surface area (Å²) in [6, 6.07) is 3.72. The number of ether oxygens (including phenoxy) is 1. The number of hydrogen-bond donors (Lipinski definition) is 1. The van der Waals surface area contributed by atoms with Crippen LogP contribution in [0.25, 0.3) is 0 Å². The highest BCUT2D eigenvalue weighted by atomic mass is 19.1. The van der Waals surface area contributed by atoms with Crippen molar-refractivity contribution in [3.63, 3.8) is 0 Å². The predicted molar refractivity (Wildman–Crippen MR) is 105 cm³/mol. The van der Waals surface area contributed by atoms with E-state index in [0.717, 1.165) is 32.2 Å². The molecule has 6 nitrogen and oxygen atoms in total. The Morgan fingerprint density at radius 1 is 1.18 bits per heavy atom.